The molecule has 2 fully saturated rings. The van der Waals surface area contributed by atoms with Gasteiger partial charge in [0.15, 0.2) is 0 Å². The zero-order valence-electron chi connectivity index (χ0n) is 19.8. The van der Waals surface area contributed by atoms with Gasteiger partial charge >= 0.3 is 12.3 Å². The van der Waals surface area contributed by atoms with Gasteiger partial charge in [-0.1, -0.05) is 23.7 Å². The molecule has 1 N–H and O–H groups in total. The van der Waals surface area contributed by atoms with E-state index in [2.05, 4.69) is 19.4 Å². The molecule has 2 atom stereocenters. The fraction of sp³-hybridized carbons (Fsp3) is 0.440. The van der Waals surface area contributed by atoms with Crippen LogP contribution in [0.2, 0.25) is 5.02 Å². The van der Waals surface area contributed by atoms with E-state index in [1.165, 1.54) is 31.4 Å². The van der Waals surface area contributed by atoms with Gasteiger partial charge in [0.25, 0.3) is 0 Å². The highest BCUT2D eigenvalue weighted by atomic mass is 35.5. The molecule has 0 radical (unpaired) electrons. The zero-order valence-corrected chi connectivity index (χ0v) is 20.6. The SMILES string of the molecule is C[N+]1(C)C2CCCC1(COC(=O)Nc1cc(F)ccc1-c1cccc(Cl)c1)CC2.O=C([O-])C(F)(F)F. The van der Waals surface area contributed by atoms with Gasteiger partial charge < -0.3 is 19.1 Å². The average molecular weight is 531 g/mol. The Morgan fingerprint density at radius 3 is 2.50 bits per heavy atom. The largest absolute Gasteiger partial charge is 0.542 e. The van der Waals surface area contributed by atoms with E-state index in [1.807, 2.05) is 12.1 Å². The number of hydrogen-bond acceptors (Lipinski definition) is 4. The van der Waals surface area contributed by atoms with E-state index in [9.17, 15) is 22.4 Å². The molecule has 6 nitrogen and oxygen atoms in total. The molecule has 0 saturated carbocycles. The second kappa shape index (κ2) is 10.6. The Morgan fingerprint density at radius 2 is 1.86 bits per heavy atom. The first-order valence-electron chi connectivity index (χ1n) is 11.4. The van der Waals surface area contributed by atoms with Crippen molar-refractivity contribution in [2.75, 3.05) is 26.0 Å². The molecule has 2 bridgehead atoms. The van der Waals surface area contributed by atoms with E-state index in [4.69, 9.17) is 26.2 Å². The van der Waals surface area contributed by atoms with Crippen molar-refractivity contribution in [2.24, 2.45) is 0 Å². The molecule has 2 heterocycles. The second-order valence-electron chi connectivity index (χ2n) is 9.54. The van der Waals surface area contributed by atoms with Gasteiger partial charge in [0.2, 0.25) is 0 Å². The van der Waals surface area contributed by atoms with Crippen LogP contribution in [0.4, 0.5) is 28.0 Å². The highest BCUT2D eigenvalue weighted by Crippen LogP contribution is 2.48. The van der Waals surface area contributed by atoms with Gasteiger partial charge in [0, 0.05) is 29.8 Å². The Morgan fingerprint density at radius 1 is 1.17 bits per heavy atom. The van der Waals surface area contributed by atoms with Crippen molar-refractivity contribution in [2.45, 2.75) is 49.9 Å². The van der Waals surface area contributed by atoms with Gasteiger partial charge in [0.1, 0.15) is 23.9 Å². The third kappa shape index (κ3) is 6.10. The standard InChI is InChI=1S/C23H26ClFN2O2.C2HF3O2/c1-27(2)19-7-4-11-23(27,12-10-19)15-29-22(28)26-21-14-18(25)8-9-20(21)16-5-3-6-17(24)13-16;3-2(4,5)1(6)7/h3,5-6,8-9,13-14,19H,4,7,10-12,15H2,1-2H3;(H,6,7). The second-order valence-corrected chi connectivity index (χ2v) is 9.97. The summed E-state index contributed by atoms with van der Waals surface area (Å²) in [6.45, 7) is 0.379. The van der Waals surface area contributed by atoms with Crippen LogP contribution in [0.1, 0.15) is 32.1 Å². The number of anilines is 1. The number of benzene rings is 2. The number of nitrogens with zero attached hydrogens (tertiary/aromatic N) is 1. The number of halogens is 5. The summed E-state index contributed by atoms with van der Waals surface area (Å²) in [4.78, 5) is 21.4. The van der Waals surface area contributed by atoms with Crippen molar-refractivity contribution in [3.8, 4) is 11.1 Å². The maximum Gasteiger partial charge on any atom is 0.430 e. The molecule has 2 aliphatic rings. The first-order chi connectivity index (χ1) is 16.7. The number of ether oxygens (including phenoxy) is 1. The number of aliphatic carboxylic acids is 1. The van der Waals surface area contributed by atoms with Crippen LogP contribution in [0, 0.1) is 5.82 Å². The van der Waals surface area contributed by atoms with E-state index >= 15 is 0 Å². The number of carboxylic acid groups (broad SMARTS) is 1. The molecule has 2 aliphatic heterocycles. The van der Waals surface area contributed by atoms with Gasteiger partial charge in [0.05, 0.1) is 25.8 Å². The van der Waals surface area contributed by atoms with Crippen LogP contribution in [0.15, 0.2) is 42.5 Å². The number of fused-ring (bicyclic) bond motifs is 2. The Hall–Kier alpha value is -2.85. The lowest BCUT2D eigenvalue weighted by Gasteiger charge is -2.49. The predicted octanol–water partition coefficient (Wildman–Crippen LogP) is 5.15. The van der Waals surface area contributed by atoms with E-state index in [1.54, 1.807) is 18.2 Å². The van der Waals surface area contributed by atoms with Gasteiger partial charge in [-0.2, -0.15) is 13.2 Å². The lowest BCUT2D eigenvalue weighted by molar-refractivity contribution is -0.956. The number of carbonyl (C=O) groups excluding carboxylic acids is 2. The molecule has 0 aliphatic carbocycles. The molecule has 196 valence electrons. The van der Waals surface area contributed by atoms with E-state index in [-0.39, 0.29) is 5.54 Å². The van der Waals surface area contributed by atoms with Crippen molar-refractivity contribution in [1.29, 1.82) is 0 Å². The van der Waals surface area contributed by atoms with E-state index in [0.29, 0.717) is 28.9 Å². The van der Waals surface area contributed by atoms with E-state index in [0.717, 1.165) is 22.9 Å². The molecule has 2 unspecified atom stereocenters. The normalized spacial score (nSPS) is 22.2. The topological polar surface area (TPSA) is 78.5 Å². The number of rotatable bonds is 4. The smallest absolute Gasteiger partial charge is 0.430 e. The van der Waals surface area contributed by atoms with Gasteiger partial charge in [-0.05, 0) is 48.7 Å². The number of amides is 1. The third-order valence-electron chi connectivity index (χ3n) is 7.32. The molecule has 0 aromatic heterocycles. The highest BCUT2D eigenvalue weighted by Gasteiger charge is 2.58. The summed E-state index contributed by atoms with van der Waals surface area (Å²) < 4.78 is 52.0. The quantitative estimate of drug-likeness (QED) is 0.438. The minimum absolute atomic E-state index is 0.0159. The number of nitrogens with one attached hydrogen (secondary N) is 1. The Kier molecular flexibility index (Phi) is 8.20. The molecule has 4 rings (SSSR count). The number of carboxylic acids is 1. The minimum Gasteiger partial charge on any atom is -0.542 e. The third-order valence-corrected chi connectivity index (χ3v) is 7.55. The summed E-state index contributed by atoms with van der Waals surface area (Å²) in [5.41, 5.74) is 1.85. The van der Waals surface area contributed by atoms with Gasteiger partial charge in [-0.15, -0.1) is 0 Å². The molecule has 2 aromatic carbocycles. The Labute approximate surface area is 211 Å². The average Bonchev–Trinajstić information content (AvgIpc) is 2.92. The van der Waals surface area contributed by atoms with Crippen molar-refractivity contribution in [1.82, 2.24) is 0 Å². The number of carbonyl (C=O) groups is 2. The number of likely N-dealkylation sites (N-methyl/N-ethyl adjacent to an activating group) is 1. The number of hydrogen-bond donors (Lipinski definition) is 1. The van der Waals surface area contributed by atoms with Crippen molar-refractivity contribution in [3.63, 3.8) is 0 Å². The molecule has 11 heteroatoms. The first-order valence-corrected chi connectivity index (χ1v) is 11.7. The number of quaternary nitrogens is 1. The molecular weight excluding hydrogens is 504 g/mol. The van der Waals surface area contributed by atoms with Crippen LogP contribution < -0.4 is 10.4 Å². The maximum atomic E-state index is 13.9. The van der Waals surface area contributed by atoms with Crippen molar-refractivity contribution < 1.29 is 41.5 Å². The van der Waals surface area contributed by atoms with Crippen LogP contribution in [-0.2, 0) is 9.53 Å². The molecule has 0 spiro atoms. The monoisotopic (exact) mass is 530 g/mol. The van der Waals surface area contributed by atoms with Crippen LogP contribution in [0.5, 0.6) is 0 Å². The van der Waals surface area contributed by atoms with Crippen LogP contribution in [0.25, 0.3) is 11.1 Å². The fourth-order valence-corrected chi connectivity index (χ4v) is 5.36. The fourth-order valence-electron chi connectivity index (χ4n) is 5.16. The van der Waals surface area contributed by atoms with Crippen molar-refractivity contribution in [3.05, 3.63) is 53.3 Å². The van der Waals surface area contributed by atoms with Gasteiger partial charge in [-0.3, -0.25) is 5.32 Å². The first kappa shape index (κ1) is 27.7. The summed E-state index contributed by atoms with van der Waals surface area (Å²) in [6, 6.07) is 12.2. The molecule has 2 saturated heterocycles. The summed E-state index contributed by atoms with van der Waals surface area (Å²) in [5.74, 6) is -3.43. The van der Waals surface area contributed by atoms with Crippen LogP contribution >= 0.6 is 11.6 Å². The number of alkyl halides is 3. The molecule has 1 amide bonds. The van der Waals surface area contributed by atoms with Crippen LogP contribution in [-0.4, -0.2) is 55.0 Å². The summed E-state index contributed by atoms with van der Waals surface area (Å²) in [5, 5.41) is 12.1. The van der Waals surface area contributed by atoms with Crippen LogP contribution in [0.3, 0.4) is 0 Å². The zero-order chi connectivity index (χ0) is 26.7. The predicted molar refractivity (Wildman–Crippen MR) is 125 cm³/mol. The Bertz CT molecular complexity index is 1120. The summed E-state index contributed by atoms with van der Waals surface area (Å²) in [7, 11) is 4.50. The lowest BCUT2D eigenvalue weighted by atomic mass is 9.87. The maximum absolute atomic E-state index is 13.9. The van der Waals surface area contributed by atoms with E-state index < -0.39 is 24.1 Å². The molecule has 2 aromatic rings. The Balaban J connectivity index is 0.000000454. The molecular formula is C25H27ClF4N2O4. The summed E-state index contributed by atoms with van der Waals surface area (Å²) in [6.07, 6.45) is -0.000524. The summed E-state index contributed by atoms with van der Waals surface area (Å²) >= 11 is 6.09. The van der Waals surface area contributed by atoms with Crippen molar-refractivity contribution >= 4 is 29.4 Å². The minimum atomic E-state index is -5.19. The molecule has 36 heavy (non-hydrogen) atoms. The van der Waals surface area contributed by atoms with Gasteiger partial charge in [-0.25, -0.2) is 9.18 Å². The lowest BCUT2D eigenvalue weighted by Crippen LogP contribution is -2.63. The highest BCUT2D eigenvalue weighted by molar-refractivity contribution is 6.30. The number of piperidine rings is 1.